The predicted molar refractivity (Wildman–Crippen MR) is 85.0 cm³/mol. The average Bonchev–Trinajstić information content (AvgIpc) is 2.94. The third kappa shape index (κ3) is 2.74. The molecule has 0 heterocycles. The minimum absolute atomic E-state index is 0.0164. The minimum Gasteiger partial charge on any atom is -0.490 e. The van der Waals surface area contributed by atoms with Crippen LogP contribution in [0.25, 0.3) is 0 Å². The van der Waals surface area contributed by atoms with Crippen molar-refractivity contribution < 1.29 is 9.47 Å². The Bertz CT molecular complexity index is 510. The van der Waals surface area contributed by atoms with Gasteiger partial charge in [-0.2, -0.15) is 0 Å². The lowest BCUT2D eigenvalue weighted by Crippen LogP contribution is -2.16. The molecule has 2 aliphatic rings. The van der Waals surface area contributed by atoms with E-state index in [9.17, 15) is 0 Å². The Morgan fingerprint density at radius 3 is 2.29 bits per heavy atom. The van der Waals surface area contributed by atoms with Crippen molar-refractivity contribution in [3.05, 3.63) is 22.7 Å². The van der Waals surface area contributed by atoms with Crippen molar-refractivity contribution in [2.45, 2.75) is 39.2 Å². The summed E-state index contributed by atoms with van der Waals surface area (Å²) in [5.41, 5.74) is 7.50. The molecule has 3 rings (SSSR count). The maximum absolute atomic E-state index is 6.50. The van der Waals surface area contributed by atoms with Crippen LogP contribution in [0.5, 0.6) is 11.5 Å². The Morgan fingerprint density at radius 1 is 1.14 bits per heavy atom. The van der Waals surface area contributed by atoms with Crippen LogP contribution in [0, 0.1) is 17.8 Å². The van der Waals surface area contributed by atoms with Gasteiger partial charge < -0.3 is 15.2 Å². The Morgan fingerprint density at radius 2 is 1.71 bits per heavy atom. The molecule has 2 aliphatic carbocycles. The fourth-order valence-electron chi connectivity index (χ4n) is 3.96. The van der Waals surface area contributed by atoms with E-state index in [-0.39, 0.29) is 6.04 Å². The summed E-state index contributed by atoms with van der Waals surface area (Å²) in [5.74, 6) is 3.69. The Hall–Kier alpha value is -0.930. The van der Waals surface area contributed by atoms with Crippen LogP contribution in [-0.4, -0.2) is 13.2 Å². The van der Waals surface area contributed by atoms with Gasteiger partial charge in [0, 0.05) is 17.1 Å². The summed E-state index contributed by atoms with van der Waals surface area (Å²) in [6, 6.07) is 3.85. The number of hydrogen-bond acceptors (Lipinski definition) is 3. The fourth-order valence-corrected chi connectivity index (χ4v) is 4.24. The van der Waals surface area contributed by atoms with E-state index in [4.69, 9.17) is 26.8 Å². The molecule has 0 radical (unpaired) electrons. The summed E-state index contributed by atoms with van der Waals surface area (Å²) in [6.45, 7) is 5.11. The van der Waals surface area contributed by atoms with Gasteiger partial charge in [0.25, 0.3) is 0 Å². The van der Waals surface area contributed by atoms with Crippen molar-refractivity contribution in [3.8, 4) is 11.5 Å². The minimum atomic E-state index is 0.0164. The summed E-state index contributed by atoms with van der Waals surface area (Å²) in [5, 5.41) is 0.694. The lowest BCUT2D eigenvalue weighted by atomic mass is 9.97. The van der Waals surface area contributed by atoms with E-state index in [1.54, 1.807) is 0 Å². The highest BCUT2D eigenvalue weighted by molar-refractivity contribution is 6.31. The highest BCUT2D eigenvalue weighted by atomic mass is 35.5. The molecule has 21 heavy (non-hydrogen) atoms. The van der Waals surface area contributed by atoms with Gasteiger partial charge in [0.1, 0.15) is 0 Å². The van der Waals surface area contributed by atoms with E-state index in [0.717, 1.165) is 23.1 Å². The van der Waals surface area contributed by atoms with Crippen LogP contribution >= 0.6 is 11.6 Å². The van der Waals surface area contributed by atoms with Crippen LogP contribution < -0.4 is 15.2 Å². The molecule has 1 aromatic carbocycles. The van der Waals surface area contributed by atoms with Gasteiger partial charge in [0.2, 0.25) is 0 Å². The van der Waals surface area contributed by atoms with Crippen LogP contribution in [0.2, 0.25) is 5.02 Å². The fraction of sp³-hybridized carbons (Fsp3) is 0.647. The first-order valence-electron chi connectivity index (χ1n) is 8.02. The van der Waals surface area contributed by atoms with Crippen LogP contribution in [0.4, 0.5) is 0 Å². The third-order valence-electron chi connectivity index (χ3n) is 4.91. The smallest absolute Gasteiger partial charge is 0.162 e. The molecular formula is C17H24ClNO2. The number of ether oxygens (including phenoxy) is 2. The molecule has 3 nitrogen and oxygen atoms in total. The third-order valence-corrected chi connectivity index (χ3v) is 5.24. The second kappa shape index (κ2) is 6.05. The molecule has 0 amide bonds. The summed E-state index contributed by atoms with van der Waals surface area (Å²) in [4.78, 5) is 0. The first-order chi connectivity index (χ1) is 10.2. The molecule has 3 atom stereocenters. The topological polar surface area (TPSA) is 44.5 Å². The van der Waals surface area contributed by atoms with Crippen LogP contribution in [0.1, 0.15) is 44.7 Å². The number of nitrogens with two attached hydrogens (primary N) is 1. The molecule has 2 saturated carbocycles. The zero-order valence-corrected chi connectivity index (χ0v) is 13.5. The molecular weight excluding hydrogens is 286 g/mol. The van der Waals surface area contributed by atoms with E-state index in [1.807, 2.05) is 26.0 Å². The monoisotopic (exact) mass is 309 g/mol. The van der Waals surface area contributed by atoms with Gasteiger partial charge in [-0.3, -0.25) is 0 Å². The van der Waals surface area contributed by atoms with Crippen LogP contribution in [0.3, 0.4) is 0 Å². The molecule has 2 N–H and O–H groups in total. The predicted octanol–water partition coefficient (Wildman–Crippen LogP) is 4.18. The van der Waals surface area contributed by atoms with Crippen molar-refractivity contribution in [2.24, 2.45) is 23.5 Å². The summed E-state index contributed by atoms with van der Waals surface area (Å²) >= 11 is 6.45. The summed E-state index contributed by atoms with van der Waals surface area (Å²) in [7, 11) is 0. The zero-order valence-electron chi connectivity index (χ0n) is 12.8. The van der Waals surface area contributed by atoms with E-state index < -0.39 is 0 Å². The van der Waals surface area contributed by atoms with Crippen molar-refractivity contribution in [1.82, 2.24) is 0 Å². The number of hydrogen-bond donors (Lipinski definition) is 1. The number of fused-ring (bicyclic) bond motifs is 1. The van der Waals surface area contributed by atoms with Gasteiger partial charge in [-0.05, 0) is 56.1 Å². The molecule has 0 aliphatic heterocycles. The van der Waals surface area contributed by atoms with Crippen molar-refractivity contribution in [1.29, 1.82) is 0 Å². The van der Waals surface area contributed by atoms with E-state index in [2.05, 4.69) is 0 Å². The molecule has 1 aromatic rings. The van der Waals surface area contributed by atoms with Crippen molar-refractivity contribution in [3.63, 3.8) is 0 Å². The highest BCUT2D eigenvalue weighted by Crippen LogP contribution is 2.62. The second-order valence-corrected chi connectivity index (χ2v) is 6.46. The maximum Gasteiger partial charge on any atom is 0.162 e. The Balaban J connectivity index is 1.85. The van der Waals surface area contributed by atoms with Crippen molar-refractivity contribution in [2.75, 3.05) is 13.2 Å². The quantitative estimate of drug-likeness (QED) is 0.857. The number of halogens is 1. The van der Waals surface area contributed by atoms with Crippen LogP contribution in [-0.2, 0) is 0 Å². The molecule has 2 fully saturated rings. The Labute approximate surface area is 131 Å². The van der Waals surface area contributed by atoms with Gasteiger partial charge in [0.05, 0.1) is 13.2 Å². The summed E-state index contributed by atoms with van der Waals surface area (Å²) in [6.07, 6.45) is 4.02. The molecule has 3 unspecified atom stereocenters. The first kappa shape index (κ1) is 15.0. The number of benzene rings is 1. The molecule has 0 saturated heterocycles. The SMILES string of the molecule is CCOc1cc(Cl)c(C(N)C2C3CCCC32)cc1OCC. The second-order valence-electron chi connectivity index (χ2n) is 6.05. The van der Waals surface area contributed by atoms with E-state index in [0.29, 0.717) is 29.9 Å². The standard InChI is InChI=1S/C17H24ClNO2/c1-3-20-14-8-12(13(18)9-15(14)21-4-2)17(19)16-10-6-5-7-11(10)16/h8-11,16-17H,3-7,19H2,1-2H3. The van der Waals surface area contributed by atoms with Gasteiger partial charge in [-0.15, -0.1) is 0 Å². The largest absolute Gasteiger partial charge is 0.490 e. The zero-order chi connectivity index (χ0) is 15.0. The normalized spacial score (nSPS) is 28.1. The number of rotatable bonds is 6. The van der Waals surface area contributed by atoms with E-state index in [1.165, 1.54) is 19.3 Å². The van der Waals surface area contributed by atoms with Gasteiger partial charge in [-0.25, -0.2) is 0 Å². The van der Waals surface area contributed by atoms with Crippen molar-refractivity contribution >= 4 is 11.6 Å². The first-order valence-corrected chi connectivity index (χ1v) is 8.39. The molecule has 0 bridgehead atoms. The van der Waals surface area contributed by atoms with Gasteiger partial charge in [-0.1, -0.05) is 18.0 Å². The van der Waals surface area contributed by atoms with Gasteiger partial charge in [0.15, 0.2) is 11.5 Å². The Kier molecular flexibility index (Phi) is 4.32. The molecule has 0 aromatic heterocycles. The molecule has 116 valence electrons. The van der Waals surface area contributed by atoms with Gasteiger partial charge >= 0.3 is 0 Å². The lowest BCUT2D eigenvalue weighted by Gasteiger charge is -2.19. The molecule has 0 spiro atoms. The van der Waals surface area contributed by atoms with Crippen LogP contribution in [0.15, 0.2) is 12.1 Å². The molecule has 4 heteroatoms. The average molecular weight is 310 g/mol. The summed E-state index contributed by atoms with van der Waals surface area (Å²) < 4.78 is 11.3. The van der Waals surface area contributed by atoms with E-state index >= 15 is 0 Å². The highest BCUT2D eigenvalue weighted by Gasteiger charge is 2.55. The lowest BCUT2D eigenvalue weighted by molar-refractivity contribution is 0.287. The maximum atomic E-state index is 6.50.